The topological polar surface area (TPSA) is 67.7 Å². The zero-order chi connectivity index (χ0) is 27.1. The number of methoxy groups -OCH3 is 1. The van der Waals surface area contributed by atoms with Crippen LogP contribution in [-0.4, -0.2) is 59.4 Å². The molecule has 0 unspecified atom stereocenters. The summed E-state index contributed by atoms with van der Waals surface area (Å²) in [6.07, 6.45) is 2.86. The number of halogens is 1. The highest BCUT2D eigenvalue weighted by molar-refractivity contribution is 9.10. The lowest BCUT2D eigenvalue weighted by Gasteiger charge is -2.36. The first-order valence-electron chi connectivity index (χ1n) is 13.0. The van der Waals surface area contributed by atoms with Crippen LogP contribution in [0.5, 0.6) is 5.75 Å². The van der Waals surface area contributed by atoms with Crippen LogP contribution in [0.4, 0.5) is 5.69 Å². The van der Waals surface area contributed by atoms with Crippen molar-refractivity contribution in [2.75, 3.05) is 43.9 Å². The van der Waals surface area contributed by atoms with Crippen molar-refractivity contribution in [3.05, 3.63) is 80.2 Å². The van der Waals surface area contributed by atoms with E-state index in [0.717, 1.165) is 82.7 Å². The molecule has 2 heterocycles. The molecule has 202 valence electrons. The average Bonchev–Trinajstić information content (AvgIpc) is 2.94. The molecule has 3 aromatic rings. The molecule has 4 rings (SSSR count). The molecule has 1 aliphatic heterocycles. The van der Waals surface area contributed by atoms with Crippen LogP contribution in [0.25, 0.3) is 0 Å². The normalized spacial score (nSPS) is 13.6. The Bertz CT molecular complexity index is 1290. The Morgan fingerprint density at radius 2 is 1.71 bits per heavy atom. The van der Waals surface area contributed by atoms with Crippen LogP contribution in [-0.2, 0) is 18.3 Å². The number of aryl methyl sites for hydroxylation is 1. The van der Waals surface area contributed by atoms with Crippen molar-refractivity contribution in [2.24, 2.45) is 7.05 Å². The van der Waals surface area contributed by atoms with Crippen molar-refractivity contribution in [3.63, 3.8) is 0 Å². The van der Waals surface area contributed by atoms with Crippen LogP contribution >= 0.6 is 27.7 Å². The van der Waals surface area contributed by atoms with E-state index >= 15 is 0 Å². The van der Waals surface area contributed by atoms with Gasteiger partial charge in [0, 0.05) is 73.2 Å². The molecule has 1 fully saturated rings. The molecule has 1 saturated heterocycles. The number of hydrogen-bond donors (Lipinski definition) is 0. The molecule has 0 radical (unpaired) electrons. The molecule has 38 heavy (non-hydrogen) atoms. The summed E-state index contributed by atoms with van der Waals surface area (Å²) in [6, 6.07) is 16.1. The predicted octanol–water partition coefficient (Wildman–Crippen LogP) is 5.06. The summed E-state index contributed by atoms with van der Waals surface area (Å²) in [7, 11) is 3.46. The second-order valence-corrected chi connectivity index (χ2v) is 11.5. The first-order valence-corrected chi connectivity index (χ1v) is 14.7. The van der Waals surface area contributed by atoms with Crippen LogP contribution in [0.15, 0.2) is 63.0 Å². The van der Waals surface area contributed by atoms with Gasteiger partial charge in [0.25, 0.3) is 5.56 Å². The highest BCUT2D eigenvalue weighted by atomic mass is 79.9. The van der Waals surface area contributed by atoms with Crippen molar-refractivity contribution in [1.82, 2.24) is 14.5 Å². The van der Waals surface area contributed by atoms with Gasteiger partial charge in [-0.15, -0.1) is 0 Å². The summed E-state index contributed by atoms with van der Waals surface area (Å²) >= 11 is 5.04. The van der Waals surface area contributed by atoms with Crippen molar-refractivity contribution in [3.8, 4) is 5.75 Å². The highest BCUT2D eigenvalue weighted by Crippen LogP contribution is 2.22. The summed E-state index contributed by atoms with van der Waals surface area (Å²) in [5, 5.41) is 0.730. The zero-order valence-corrected chi connectivity index (χ0v) is 24.7. The fourth-order valence-corrected chi connectivity index (χ4v) is 5.85. The van der Waals surface area contributed by atoms with Crippen LogP contribution in [0.1, 0.15) is 36.1 Å². The van der Waals surface area contributed by atoms with Crippen LogP contribution in [0.3, 0.4) is 0 Å². The monoisotopic (exact) mass is 598 g/mol. The number of unbranched alkanes of at least 4 members (excludes halogenated alkanes) is 1. The lowest BCUT2D eigenvalue weighted by Crippen LogP contribution is -2.48. The second kappa shape index (κ2) is 13.3. The van der Waals surface area contributed by atoms with E-state index in [2.05, 4.69) is 33.0 Å². The van der Waals surface area contributed by atoms with Crippen molar-refractivity contribution in [2.45, 2.75) is 37.8 Å². The third-order valence-corrected chi connectivity index (χ3v) is 8.57. The third kappa shape index (κ3) is 7.20. The SMILES string of the molecule is COc1ccc(N2CCN(C(=O)CCCCSc3nc(C)c(Cc4ccc(Br)cc4)c(=O)n3C)CC2)cc1. The molecule has 0 N–H and O–H groups in total. The maximum absolute atomic E-state index is 13.0. The summed E-state index contributed by atoms with van der Waals surface area (Å²) in [5.41, 5.74) is 3.77. The lowest BCUT2D eigenvalue weighted by molar-refractivity contribution is -0.131. The first-order chi connectivity index (χ1) is 18.4. The average molecular weight is 600 g/mol. The number of anilines is 1. The number of piperazine rings is 1. The predicted molar refractivity (Wildman–Crippen MR) is 158 cm³/mol. The quantitative estimate of drug-likeness (QED) is 0.184. The number of nitrogens with zero attached hydrogens (tertiary/aromatic N) is 4. The minimum Gasteiger partial charge on any atom is -0.497 e. The first kappa shape index (κ1) is 28.2. The Kier molecular flexibility index (Phi) is 9.91. The Morgan fingerprint density at radius 3 is 2.37 bits per heavy atom. The van der Waals surface area contributed by atoms with Gasteiger partial charge in [0.2, 0.25) is 5.91 Å². The molecule has 0 atom stereocenters. The third-order valence-electron chi connectivity index (χ3n) is 6.93. The Balaban J connectivity index is 1.20. The Hall–Kier alpha value is -2.78. The van der Waals surface area contributed by atoms with E-state index in [4.69, 9.17) is 9.72 Å². The molecule has 0 saturated carbocycles. The molecule has 0 spiro atoms. The molecule has 1 aliphatic rings. The van der Waals surface area contributed by atoms with Crippen LogP contribution in [0, 0.1) is 6.92 Å². The van der Waals surface area contributed by atoms with Crippen LogP contribution < -0.4 is 15.2 Å². The molecule has 9 heteroatoms. The number of amides is 1. The van der Waals surface area contributed by atoms with E-state index in [-0.39, 0.29) is 11.5 Å². The van der Waals surface area contributed by atoms with Gasteiger partial charge in [-0.25, -0.2) is 4.98 Å². The van der Waals surface area contributed by atoms with Gasteiger partial charge in [-0.2, -0.15) is 0 Å². The standard InChI is InChI=1S/C29H35BrN4O3S/c1-21-26(20-22-7-9-23(30)10-8-22)28(36)32(2)29(31-21)38-19-5-4-6-27(35)34-17-15-33(16-18-34)24-11-13-25(37-3)14-12-24/h7-14H,4-6,15-20H2,1-3H3. The minimum absolute atomic E-state index is 0.00637. The van der Waals surface area contributed by atoms with E-state index in [1.807, 2.05) is 48.2 Å². The van der Waals surface area contributed by atoms with Gasteiger partial charge in [0.05, 0.1) is 7.11 Å². The number of carbonyl (C=O) groups is 1. The van der Waals surface area contributed by atoms with Gasteiger partial charge in [-0.1, -0.05) is 39.8 Å². The van der Waals surface area contributed by atoms with E-state index in [0.29, 0.717) is 12.8 Å². The lowest BCUT2D eigenvalue weighted by atomic mass is 10.1. The number of thioether (sulfide) groups is 1. The number of hydrogen-bond acceptors (Lipinski definition) is 6. The van der Waals surface area contributed by atoms with Gasteiger partial charge in [-0.05, 0) is 61.7 Å². The fourth-order valence-electron chi connectivity index (χ4n) is 4.58. The largest absolute Gasteiger partial charge is 0.497 e. The summed E-state index contributed by atoms with van der Waals surface area (Å²) < 4.78 is 7.91. The molecule has 0 bridgehead atoms. The van der Waals surface area contributed by atoms with Crippen molar-refractivity contribution < 1.29 is 9.53 Å². The van der Waals surface area contributed by atoms with E-state index in [1.54, 1.807) is 30.5 Å². The highest BCUT2D eigenvalue weighted by Gasteiger charge is 2.21. The smallest absolute Gasteiger partial charge is 0.257 e. The molecular weight excluding hydrogens is 564 g/mol. The number of aromatic nitrogens is 2. The van der Waals surface area contributed by atoms with E-state index in [1.165, 1.54) is 0 Å². The maximum atomic E-state index is 13.0. The molecule has 0 aliphatic carbocycles. The molecule has 2 aromatic carbocycles. The summed E-state index contributed by atoms with van der Waals surface area (Å²) in [6.45, 7) is 5.08. The molecule has 1 amide bonds. The molecule has 1 aromatic heterocycles. The summed E-state index contributed by atoms with van der Waals surface area (Å²) in [5.74, 6) is 1.90. The number of rotatable bonds is 10. The van der Waals surface area contributed by atoms with Gasteiger partial charge in [0.15, 0.2) is 5.16 Å². The minimum atomic E-state index is 0.00637. The fraction of sp³-hybridized carbons (Fsp3) is 0.414. The summed E-state index contributed by atoms with van der Waals surface area (Å²) in [4.78, 5) is 34.8. The second-order valence-electron chi connectivity index (χ2n) is 9.50. The van der Waals surface area contributed by atoms with Crippen molar-refractivity contribution >= 4 is 39.3 Å². The van der Waals surface area contributed by atoms with Gasteiger partial charge < -0.3 is 14.5 Å². The number of ether oxygens (including phenoxy) is 1. The van der Waals surface area contributed by atoms with Gasteiger partial charge in [-0.3, -0.25) is 14.2 Å². The van der Waals surface area contributed by atoms with Crippen LogP contribution in [0.2, 0.25) is 0 Å². The molecular formula is C29H35BrN4O3S. The van der Waals surface area contributed by atoms with Gasteiger partial charge in [0.1, 0.15) is 5.75 Å². The van der Waals surface area contributed by atoms with Crippen molar-refractivity contribution in [1.29, 1.82) is 0 Å². The zero-order valence-electron chi connectivity index (χ0n) is 22.3. The van der Waals surface area contributed by atoms with Gasteiger partial charge >= 0.3 is 0 Å². The number of carbonyl (C=O) groups excluding carboxylic acids is 1. The van der Waals surface area contributed by atoms with E-state index < -0.39 is 0 Å². The Labute approximate surface area is 237 Å². The maximum Gasteiger partial charge on any atom is 0.257 e. The Morgan fingerprint density at radius 1 is 1.03 bits per heavy atom. The van der Waals surface area contributed by atoms with E-state index in [9.17, 15) is 9.59 Å². The number of benzene rings is 2. The molecule has 7 nitrogen and oxygen atoms in total.